The van der Waals surface area contributed by atoms with Crippen molar-refractivity contribution in [3.63, 3.8) is 0 Å². The third kappa shape index (κ3) is 2.93. The molecule has 4 nitrogen and oxygen atoms in total. The predicted molar refractivity (Wildman–Crippen MR) is 132 cm³/mol. The fraction of sp³-hybridized carbons (Fsp3) is 0. The first-order valence-electron chi connectivity index (χ1n) is 11.0. The quantitative estimate of drug-likeness (QED) is 0.321. The van der Waals surface area contributed by atoms with Crippen molar-refractivity contribution in [1.82, 2.24) is 0 Å². The van der Waals surface area contributed by atoms with Crippen LogP contribution in [-0.4, -0.2) is 11.8 Å². The summed E-state index contributed by atoms with van der Waals surface area (Å²) in [5.41, 5.74) is 4.48. The lowest BCUT2D eigenvalue weighted by Crippen LogP contribution is -2.40. The fourth-order valence-corrected chi connectivity index (χ4v) is 4.80. The van der Waals surface area contributed by atoms with Crippen LogP contribution in [0, 0.1) is 0 Å². The maximum atomic E-state index is 13.5. The number of carbonyl (C=O) groups excluding carboxylic acids is 2. The molecule has 1 heterocycles. The summed E-state index contributed by atoms with van der Waals surface area (Å²) in [5.74, 6) is -0.786. The van der Waals surface area contributed by atoms with E-state index in [4.69, 9.17) is 0 Å². The number of benzene rings is 5. The maximum Gasteiger partial charge on any atom is 0.265 e. The van der Waals surface area contributed by atoms with Gasteiger partial charge in [0.1, 0.15) is 0 Å². The van der Waals surface area contributed by atoms with Crippen LogP contribution in [0.2, 0.25) is 0 Å². The lowest BCUT2D eigenvalue weighted by atomic mass is 9.86. The molecule has 1 aliphatic rings. The maximum absolute atomic E-state index is 13.5. The lowest BCUT2D eigenvalue weighted by molar-refractivity contribution is -0.267. The summed E-state index contributed by atoms with van der Waals surface area (Å²) in [6, 6.07) is 32.8. The van der Waals surface area contributed by atoms with E-state index in [1.165, 1.54) is 4.90 Å². The Bertz CT molecular complexity index is 1570. The van der Waals surface area contributed by atoms with Crippen LogP contribution in [0.25, 0.3) is 33.0 Å². The summed E-state index contributed by atoms with van der Waals surface area (Å²) >= 11 is 0. The monoisotopic (exact) mass is 440 g/mol. The molecule has 2 amide bonds. The smallest absolute Gasteiger partial charge is 0.265 e. The molecule has 1 aliphatic heterocycles. The van der Waals surface area contributed by atoms with Crippen molar-refractivity contribution < 1.29 is 14.7 Å². The standard InChI is InChI=1S/C30H19NO3/c32-26-16-8-14-22(27(26)19-9-3-1-4-10-19)21-17-18-25-28-23(21)13-7-15-24(28)29(33)31(30(25)34)20-11-5-2-6-12-20/h1-18,32H/p-1. The predicted octanol–water partition coefficient (Wildman–Crippen LogP) is 6.05. The van der Waals surface area contributed by atoms with Gasteiger partial charge in [-0.05, 0) is 51.9 Å². The zero-order chi connectivity index (χ0) is 23.2. The summed E-state index contributed by atoms with van der Waals surface area (Å²) < 4.78 is 0. The Morgan fingerprint density at radius 3 is 1.85 bits per heavy atom. The molecule has 0 aliphatic carbocycles. The van der Waals surface area contributed by atoms with Gasteiger partial charge in [0.25, 0.3) is 11.8 Å². The summed E-state index contributed by atoms with van der Waals surface area (Å²) in [7, 11) is 0. The normalized spacial score (nSPS) is 12.9. The summed E-state index contributed by atoms with van der Waals surface area (Å²) in [4.78, 5) is 28.1. The third-order valence-electron chi connectivity index (χ3n) is 6.30. The molecule has 4 heteroatoms. The van der Waals surface area contributed by atoms with Crippen molar-refractivity contribution >= 4 is 28.3 Å². The minimum Gasteiger partial charge on any atom is -0.872 e. The molecule has 162 valence electrons. The Hall–Kier alpha value is -4.70. The zero-order valence-corrected chi connectivity index (χ0v) is 18.1. The van der Waals surface area contributed by atoms with Crippen LogP contribution in [0.15, 0.2) is 109 Å². The SMILES string of the molecule is O=C1c2cccc3c(-c4cccc([O-])c4-c4ccccc4)ccc(c23)C(=O)N1c1ccccc1. The van der Waals surface area contributed by atoms with E-state index in [0.717, 1.165) is 22.1 Å². The Morgan fingerprint density at radius 1 is 0.529 bits per heavy atom. The molecule has 0 N–H and O–H groups in total. The van der Waals surface area contributed by atoms with Gasteiger partial charge < -0.3 is 5.11 Å². The van der Waals surface area contributed by atoms with Crippen molar-refractivity contribution in [2.45, 2.75) is 0 Å². The summed E-state index contributed by atoms with van der Waals surface area (Å²) in [6.07, 6.45) is 0. The van der Waals surface area contributed by atoms with Gasteiger partial charge in [0, 0.05) is 16.5 Å². The van der Waals surface area contributed by atoms with Gasteiger partial charge in [-0.1, -0.05) is 84.9 Å². The van der Waals surface area contributed by atoms with Crippen LogP contribution in [0.4, 0.5) is 5.69 Å². The van der Waals surface area contributed by atoms with E-state index < -0.39 is 0 Å². The Morgan fingerprint density at radius 2 is 1.12 bits per heavy atom. The fourth-order valence-electron chi connectivity index (χ4n) is 4.80. The van der Waals surface area contributed by atoms with Crippen molar-refractivity contribution in [2.75, 3.05) is 4.90 Å². The molecular formula is C30H18NO3-. The molecular weight excluding hydrogens is 422 g/mol. The second-order valence-corrected chi connectivity index (χ2v) is 8.21. The topological polar surface area (TPSA) is 60.4 Å². The van der Waals surface area contributed by atoms with E-state index in [0.29, 0.717) is 27.8 Å². The molecule has 0 radical (unpaired) electrons. The van der Waals surface area contributed by atoms with E-state index in [1.807, 2.05) is 60.7 Å². The largest absolute Gasteiger partial charge is 0.872 e. The van der Waals surface area contributed by atoms with Gasteiger partial charge in [0.15, 0.2) is 0 Å². The number of rotatable bonds is 3. The zero-order valence-electron chi connectivity index (χ0n) is 18.1. The van der Waals surface area contributed by atoms with E-state index in [-0.39, 0.29) is 17.6 Å². The van der Waals surface area contributed by atoms with E-state index in [1.54, 1.807) is 48.5 Å². The average Bonchev–Trinajstić information content (AvgIpc) is 2.88. The third-order valence-corrected chi connectivity index (χ3v) is 6.30. The number of anilines is 1. The Balaban J connectivity index is 1.61. The van der Waals surface area contributed by atoms with Crippen LogP contribution in [-0.2, 0) is 0 Å². The van der Waals surface area contributed by atoms with Crippen molar-refractivity contribution in [3.05, 3.63) is 120 Å². The van der Waals surface area contributed by atoms with E-state index >= 15 is 0 Å². The number of amides is 2. The molecule has 0 saturated carbocycles. The van der Waals surface area contributed by atoms with Crippen LogP contribution in [0.3, 0.4) is 0 Å². The van der Waals surface area contributed by atoms with Crippen molar-refractivity contribution in [3.8, 4) is 28.0 Å². The Labute approximate surface area is 196 Å². The molecule has 0 unspecified atom stereocenters. The Kier molecular flexibility index (Phi) is 4.52. The first-order valence-corrected chi connectivity index (χ1v) is 11.0. The van der Waals surface area contributed by atoms with E-state index in [9.17, 15) is 14.7 Å². The van der Waals surface area contributed by atoms with Gasteiger partial charge in [-0.25, -0.2) is 4.90 Å². The highest BCUT2D eigenvalue weighted by Gasteiger charge is 2.34. The van der Waals surface area contributed by atoms with Gasteiger partial charge in [-0.15, -0.1) is 5.75 Å². The minimum absolute atomic E-state index is 0.0772. The van der Waals surface area contributed by atoms with Crippen LogP contribution < -0.4 is 10.0 Å². The number of para-hydroxylation sites is 1. The molecule has 34 heavy (non-hydrogen) atoms. The number of hydrogen-bond acceptors (Lipinski definition) is 3. The highest BCUT2D eigenvalue weighted by molar-refractivity contribution is 6.36. The molecule has 0 aromatic heterocycles. The molecule has 5 aromatic carbocycles. The molecule has 0 spiro atoms. The number of carbonyl (C=O) groups is 2. The average molecular weight is 440 g/mol. The van der Waals surface area contributed by atoms with Crippen LogP contribution in [0.5, 0.6) is 5.75 Å². The van der Waals surface area contributed by atoms with Crippen LogP contribution >= 0.6 is 0 Å². The molecule has 0 saturated heterocycles. The summed E-state index contributed by atoms with van der Waals surface area (Å²) in [5, 5.41) is 14.3. The summed E-state index contributed by atoms with van der Waals surface area (Å²) in [6.45, 7) is 0. The first kappa shape index (κ1) is 19.9. The minimum atomic E-state index is -0.354. The second-order valence-electron chi connectivity index (χ2n) is 8.21. The number of hydrogen-bond donors (Lipinski definition) is 0. The van der Waals surface area contributed by atoms with Crippen LogP contribution in [0.1, 0.15) is 20.7 Å². The highest BCUT2D eigenvalue weighted by Crippen LogP contribution is 2.42. The number of imide groups is 1. The van der Waals surface area contributed by atoms with Crippen molar-refractivity contribution in [2.24, 2.45) is 0 Å². The molecule has 5 aromatic rings. The van der Waals surface area contributed by atoms with Crippen molar-refractivity contribution in [1.29, 1.82) is 0 Å². The molecule has 6 rings (SSSR count). The molecule has 0 atom stereocenters. The lowest BCUT2D eigenvalue weighted by Gasteiger charge is -2.28. The second kappa shape index (κ2) is 7.71. The van der Waals surface area contributed by atoms with Gasteiger partial charge in [0.05, 0.1) is 5.69 Å². The molecule has 0 bridgehead atoms. The van der Waals surface area contributed by atoms with E-state index in [2.05, 4.69) is 0 Å². The first-order chi connectivity index (χ1) is 16.6. The number of nitrogens with zero attached hydrogens (tertiary/aromatic N) is 1. The van der Waals surface area contributed by atoms with Gasteiger partial charge in [-0.2, -0.15) is 0 Å². The van der Waals surface area contributed by atoms with Gasteiger partial charge in [0.2, 0.25) is 0 Å². The van der Waals surface area contributed by atoms with Gasteiger partial charge >= 0.3 is 0 Å². The van der Waals surface area contributed by atoms with Gasteiger partial charge in [-0.3, -0.25) is 9.59 Å². The molecule has 0 fully saturated rings. The highest BCUT2D eigenvalue weighted by atomic mass is 16.3.